The van der Waals surface area contributed by atoms with Crippen molar-refractivity contribution in [3.05, 3.63) is 255 Å². The van der Waals surface area contributed by atoms with Crippen molar-refractivity contribution >= 4 is 160 Å². The Kier molecular flexibility index (Phi) is 8.60. The van der Waals surface area contributed by atoms with Crippen LogP contribution in [0.3, 0.4) is 0 Å². The van der Waals surface area contributed by atoms with Gasteiger partial charge in [0.25, 0.3) is 0 Å². The maximum atomic E-state index is 6.84. The number of furan rings is 4. The molecule has 0 N–H and O–H groups in total. The first-order valence-electron chi connectivity index (χ1n) is 26.9. The predicted molar refractivity (Wildman–Crippen MR) is 328 cm³/mol. The molecule has 0 aliphatic carbocycles. The van der Waals surface area contributed by atoms with E-state index >= 15 is 0 Å². The van der Waals surface area contributed by atoms with Crippen LogP contribution in [-0.4, -0.2) is 17.2 Å². The smallest absolute Gasteiger partial charge is 0.179 e. The molecule has 0 bridgehead atoms. The zero-order chi connectivity index (χ0) is 51.5. The van der Waals surface area contributed by atoms with Crippen LogP contribution in [0.1, 0.15) is 0 Å². The summed E-state index contributed by atoms with van der Waals surface area (Å²) in [4.78, 5) is 0. The molecule has 6 heterocycles. The molecule has 0 aliphatic heterocycles. The molecule has 0 saturated carbocycles. The molecule has 18 rings (SSSR count). The number of hydrogen-bond acceptors (Lipinski definition) is 4. The molecule has 0 aliphatic rings. The quantitative estimate of drug-likeness (QED) is 0.123. The van der Waals surface area contributed by atoms with E-state index < -0.39 is 8.07 Å². The third-order valence-electron chi connectivity index (χ3n) is 17.0. The van der Waals surface area contributed by atoms with Crippen molar-refractivity contribution in [2.24, 2.45) is 0 Å². The van der Waals surface area contributed by atoms with Crippen molar-refractivity contribution in [1.29, 1.82) is 0 Å². The zero-order valence-corrected chi connectivity index (χ0v) is 43.3. The number of fused-ring (bicyclic) bond motifs is 18. The van der Waals surface area contributed by atoms with Gasteiger partial charge in [-0.05, 0) is 118 Å². The molecular formula is C72H42N2O4Si. The minimum atomic E-state index is -3.10. The van der Waals surface area contributed by atoms with E-state index in [1.54, 1.807) is 0 Å². The van der Waals surface area contributed by atoms with Gasteiger partial charge in [-0.1, -0.05) is 158 Å². The van der Waals surface area contributed by atoms with Gasteiger partial charge in [-0.2, -0.15) is 0 Å². The highest BCUT2D eigenvalue weighted by molar-refractivity contribution is 7.20. The van der Waals surface area contributed by atoms with Crippen molar-refractivity contribution in [2.45, 2.75) is 0 Å². The van der Waals surface area contributed by atoms with Gasteiger partial charge in [0.05, 0.1) is 22.1 Å². The van der Waals surface area contributed by atoms with E-state index in [1.165, 1.54) is 64.4 Å². The van der Waals surface area contributed by atoms with Crippen LogP contribution in [-0.2, 0) is 0 Å². The lowest BCUT2D eigenvalue weighted by atomic mass is 10.1. The molecule has 0 amide bonds. The predicted octanol–water partition coefficient (Wildman–Crippen LogP) is 16.9. The summed E-state index contributed by atoms with van der Waals surface area (Å²) in [6.45, 7) is 0. The Hall–Kier alpha value is -10.3. The molecule has 12 aromatic carbocycles. The molecule has 79 heavy (non-hydrogen) atoms. The van der Waals surface area contributed by atoms with E-state index in [2.05, 4.69) is 264 Å². The summed E-state index contributed by atoms with van der Waals surface area (Å²) in [7, 11) is -3.10. The lowest BCUT2D eigenvalue weighted by Crippen LogP contribution is -2.74. The van der Waals surface area contributed by atoms with E-state index in [-0.39, 0.29) is 0 Å². The van der Waals surface area contributed by atoms with Crippen LogP contribution in [0.4, 0.5) is 0 Å². The minimum Gasteiger partial charge on any atom is -0.456 e. The molecule has 368 valence electrons. The average Bonchev–Trinajstić information content (AvgIpc) is 4.57. The lowest BCUT2D eigenvalue weighted by molar-refractivity contribution is 0.664. The number of rotatable bonds is 6. The summed E-state index contributed by atoms with van der Waals surface area (Å²) in [6, 6.07) is 92.2. The summed E-state index contributed by atoms with van der Waals surface area (Å²) < 4.78 is 31.9. The Bertz CT molecular complexity index is 5120. The van der Waals surface area contributed by atoms with Gasteiger partial charge in [0.1, 0.15) is 44.7 Å². The van der Waals surface area contributed by atoms with Crippen LogP contribution in [0.2, 0.25) is 0 Å². The second-order valence-corrected chi connectivity index (χ2v) is 24.9. The summed E-state index contributed by atoms with van der Waals surface area (Å²) in [6.07, 6.45) is 0. The third-order valence-corrected chi connectivity index (χ3v) is 21.8. The Morgan fingerprint density at radius 1 is 0.203 bits per heavy atom. The van der Waals surface area contributed by atoms with E-state index in [1.807, 2.05) is 0 Å². The van der Waals surface area contributed by atoms with E-state index in [4.69, 9.17) is 17.7 Å². The highest BCUT2D eigenvalue weighted by atomic mass is 28.3. The van der Waals surface area contributed by atoms with Crippen LogP contribution < -0.4 is 20.7 Å². The SMILES string of the molecule is c1ccc([Si](c2ccccc2)(c2ccc3oc4cc5c(cc4c3c2)oc2ccc(-n3c4ccccc4c4ccccc43)cc25)c2ccc3oc4cc5c(cc4c3c2)oc2ccc(-n3c4ccccc4c4ccccc43)cc25)cc1. The summed E-state index contributed by atoms with van der Waals surface area (Å²) in [5.41, 5.74) is 13.5. The standard InChI is InChI=1S/C72H42N2O4Si/c1-3-15-45(16-4-1)79(46-17-5-2-6-18-46,47-29-33-67-55(37-47)59-41-69-57(39-71(59)77-67)53-35-43(27-31-65(53)75-69)73-61-23-11-7-19-49(61)50-20-8-12-24-62(50)73)48-30-34-68-56(38-48)60-42-70-58(40-72(60)78-68)54-36-44(28-32-66(54)76-70)74-63-25-13-9-21-51(63)52-22-10-14-26-64(52)74/h1-42H. The Morgan fingerprint density at radius 3 is 0.823 bits per heavy atom. The van der Waals surface area contributed by atoms with E-state index in [0.717, 1.165) is 99.1 Å². The van der Waals surface area contributed by atoms with Gasteiger partial charge in [-0.15, -0.1) is 0 Å². The van der Waals surface area contributed by atoms with Gasteiger partial charge in [0, 0.05) is 76.0 Å². The topological polar surface area (TPSA) is 62.4 Å². The Balaban J connectivity index is 0.807. The monoisotopic (exact) mass is 1030 g/mol. The first-order valence-corrected chi connectivity index (χ1v) is 28.9. The average molecular weight is 1030 g/mol. The largest absolute Gasteiger partial charge is 0.456 e. The molecule has 0 unspecified atom stereocenters. The molecule has 0 fully saturated rings. The second kappa shape index (κ2) is 15.9. The molecule has 18 aromatic rings. The van der Waals surface area contributed by atoms with Gasteiger partial charge >= 0.3 is 0 Å². The van der Waals surface area contributed by atoms with Crippen molar-refractivity contribution < 1.29 is 17.7 Å². The van der Waals surface area contributed by atoms with Gasteiger partial charge < -0.3 is 26.8 Å². The van der Waals surface area contributed by atoms with Crippen molar-refractivity contribution in [3.8, 4) is 11.4 Å². The third kappa shape index (κ3) is 5.94. The molecule has 0 atom stereocenters. The van der Waals surface area contributed by atoms with E-state index in [0.29, 0.717) is 0 Å². The zero-order valence-electron chi connectivity index (χ0n) is 42.3. The summed E-state index contributed by atoms with van der Waals surface area (Å²) in [5.74, 6) is 0. The van der Waals surface area contributed by atoms with Gasteiger partial charge in [-0.25, -0.2) is 0 Å². The van der Waals surface area contributed by atoms with E-state index in [9.17, 15) is 0 Å². The Morgan fingerprint density at radius 2 is 0.481 bits per heavy atom. The number of hydrogen-bond donors (Lipinski definition) is 0. The highest BCUT2D eigenvalue weighted by Crippen LogP contribution is 2.42. The second-order valence-electron chi connectivity index (χ2n) is 21.1. The normalized spacial score (nSPS) is 12.6. The van der Waals surface area contributed by atoms with Crippen LogP contribution in [0.15, 0.2) is 272 Å². The fraction of sp³-hybridized carbons (Fsp3) is 0. The fourth-order valence-electron chi connectivity index (χ4n) is 13.6. The first-order chi connectivity index (χ1) is 39.1. The first kappa shape index (κ1) is 42.8. The van der Waals surface area contributed by atoms with Crippen molar-refractivity contribution in [1.82, 2.24) is 9.13 Å². The molecular weight excluding hydrogens is 985 g/mol. The van der Waals surface area contributed by atoms with Crippen molar-refractivity contribution in [3.63, 3.8) is 0 Å². The van der Waals surface area contributed by atoms with Crippen LogP contribution >= 0.6 is 0 Å². The number of nitrogens with zero attached hydrogens (tertiary/aromatic N) is 2. The van der Waals surface area contributed by atoms with Crippen LogP contribution in [0.25, 0.3) is 143 Å². The highest BCUT2D eigenvalue weighted by Gasteiger charge is 2.42. The maximum Gasteiger partial charge on any atom is 0.179 e. The summed E-state index contributed by atoms with van der Waals surface area (Å²) >= 11 is 0. The Labute approximate surface area is 450 Å². The van der Waals surface area contributed by atoms with Gasteiger partial charge in [0.15, 0.2) is 8.07 Å². The molecule has 7 heteroatoms. The van der Waals surface area contributed by atoms with Gasteiger partial charge in [-0.3, -0.25) is 0 Å². The number of aromatic nitrogens is 2. The molecule has 0 radical (unpaired) electrons. The van der Waals surface area contributed by atoms with Crippen LogP contribution in [0, 0.1) is 0 Å². The summed E-state index contributed by atoms with van der Waals surface area (Å²) in [5, 5.41) is 18.2. The number of benzene rings is 12. The molecule has 0 spiro atoms. The van der Waals surface area contributed by atoms with Crippen molar-refractivity contribution in [2.75, 3.05) is 0 Å². The lowest BCUT2D eigenvalue weighted by Gasteiger charge is -2.34. The fourth-order valence-corrected chi connectivity index (χ4v) is 18.4. The molecule has 0 saturated heterocycles. The minimum absolute atomic E-state index is 0.822. The van der Waals surface area contributed by atoms with Gasteiger partial charge in [0.2, 0.25) is 0 Å². The maximum absolute atomic E-state index is 6.84. The van der Waals surface area contributed by atoms with Crippen LogP contribution in [0.5, 0.6) is 0 Å². The molecule has 6 nitrogen and oxygen atoms in total. The molecule has 6 aromatic heterocycles. The number of para-hydroxylation sites is 4.